The summed E-state index contributed by atoms with van der Waals surface area (Å²) < 4.78 is 22.0. The molecule has 4 rings (SSSR count). The van der Waals surface area contributed by atoms with Crippen molar-refractivity contribution in [1.29, 1.82) is 0 Å². The number of carbonyl (C=O) groups is 1. The molecule has 140 valence electrons. The van der Waals surface area contributed by atoms with Crippen LogP contribution >= 0.6 is 22.6 Å². The highest BCUT2D eigenvalue weighted by atomic mass is 127. The number of ether oxygens (including phenoxy) is 1. The first-order chi connectivity index (χ1) is 13.1. The van der Waals surface area contributed by atoms with Gasteiger partial charge in [0.2, 0.25) is 0 Å². The van der Waals surface area contributed by atoms with Crippen molar-refractivity contribution in [2.45, 2.75) is 24.6 Å². The van der Waals surface area contributed by atoms with Crippen molar-refractivity contribution in [2.24, 2.45) is 0 Å². The van der Waals surface area contributed by atoms with Gasteiger partial charge in [-0.2, -0.15) is 0 Å². The van der Waals surface area contributed by atoms with Crippen LogP contribution in [-0.2, 0) is 4.74 Å². The van der Waals surface area contributed by atoms with Crippen LogP contribution in [0.4, 0.5) is 10.2 Å². The van der Waals surface area contributed by atoms with Gasteiger partial charge in [0.15, 0.2) is 29.4 Å². The number of halogens is 2. The number of amides is 1. The molecule has 0 bridgehead atoms. The fraction of sp³-hybridized carbons (Fsp3) is 0.294. The molecule has 3 aromatic rings. The number of fused-ring (bicyclic) bond motifs is 1. The SMILES string of the molecule is O=C(Nc1ncnc2c1ncn2[C@@H]1O[C@H](CI)[C@@H](O)[C@H]1F)c1ccccc1. The lowest BCUT2D eigenvalue weighted by Gasteiger charge is -2.15. The summed E-state index contributed by atoms with van der Waals surface area (Å²) in [4.78, 5) is 24.8. The zero-order chi connectivity index (χ0) is 19.0. The van der Waals surface area contributed by atoms with Gasteiger partial charge < -0.3 is 15.2 Å². The van der Waals surface area contributed by atoms with Gasteiger partial charge in [-0.05, 0) is 12.1 Å². The average Bonchev–Trinajstić information content (AvgIpc) is 3.25. The molecule has 4 atom stereocenters. The van der Waals surface area contributed by atoms with E-state index < -0.39 is 24.6 Å². The summed E-state index contributed by atoms with van der Waals surface area (Å²) >= 11 is 2.04. The third kappa shape index (κ3) is 3.28. The molecule has 0 spiro atoms. The molecule has 3 heterocycles. The molecule has 0 unspecified atom stereocenters. The predicted molar refractivity (Wildman–Crippen MR) is 103 cm³/mol. The van der Waals surface area contributed by atoms with E-state index in [4.69, 9.17) is 4.74 Å². The lowest BCUT2D eigenvalue weighted by Crippen LogP contribution is -2.29. The van der Waals surface area contributed by atoms with Crippen LogP contribution < -0.4 is 5.32 Å². The zero-order valence-corrected chi connectivity index (χ0v) is 16.0. The summed E-state index contributed by atoms with van der Waals surface area (Å²) in [5.74, 6) is -0.127. The largest absolute Gasteiger partial charge is 0.387 e. The molecule has 1 fully saturated rings. The maximum absolute atomic E-state index is 14.5. The van der Waals surface area contributed by atoms with E-state index in [1.807, 2.05) is 28.7 Å². The van der Waals surface area contributed by atoms with E-state index >= 15 is 0 Å². The van der Waals surface area contributed by atoms with Gasteiger partial charge >= 0.3 is 0 Å². The molecular weight excluding hydrogens is 468 g/mol. The third-order valence-electron chi connectivity index (χ3n) is 4.35. The molecule has 1 aliphatic heterocycles. The monoisotopic (exact) mass is 483 g/mol. The normalized spacial score (nSPS) is 25.0. The Balaban J connectivity index is 1.65. The number of rotatable bonds is 4. The molecule has 1 amide bonds. The van der Waals surface area contributed by atoms with Crippen molar-refractivity contribution in [3.05, 3.63) is 48.5 Å². The smallest absolute Gasteiger partial charge is 0.256 e. The Morgan fingerprint density at radius 3 is 2.78 bits per heavy atom. The van der Waals surface area contributed by atoms with Gasteiger partial charge in [0.25, 0.3) is 5.91 Å². The van der Waals surface area contributed by atoms with Gasteiger partial charge in [-0.25, -0.2) is 19.3 Å². The summed E-state index contributed by atoms with van der Waals surface area (Å²) in [6.45, 7) is 0. The fourth-order valence-corrected chi connectivity index (χ4v) is 3.68. The number of imidazole rings is 1. The number of carbonyl (C=O) groups excluding carboxylic acids is 1. The lowest BCUT2D eigenvalue weighted by molar-refractivity contribution is -0.0104. The van der Waals surface area contributed by atoms with Crippen LogP contribution in [0.15, 0.2) is 43.0 Å². The third-order valence-corrected chi connectivity index (χ3v) is 5.21. The van der Waals surface area contributed by atoms with Crippen LogP contribution in [0.1, 0.15) is 16.6 Å². The molecule has 0 saturated carbocycles. The van der Waals surface area contributed by atoms with Crippen LogP contribution in [0.25, 0.3) is 11.2 Å². The van der Waals surface area contributed by atoms with E-state index in [-0.39, 0.29) is 11.7 Å². The van der Waals surface area contributed by atoms with Gasteiger partial charge in [0.05, 0.1) is 12.4 Å². The van der Waals surface area contributed by atoms with E-state index in [1.54, 1.807) is 24.3 Å². The van der Waals surface area contributed by atoms with Crippen LogP contribution in [-0.4, -0.2) is 53.3 Å². The first-order valence-corrected chi connectivity index (χ1v) is 9.70. The highest BCUT2D eigenvalue weighted by Gasteiger charge is 2.45. The Bertz CT molecular complexity index is 970. The topological polar surface area (TPSA) is 102 Å². The Hall–Kier alpha value is -2.18. The van der Waals surface area contributed by atoms with Gasteiger partial charge in [-0.1, -0.05) is 40.8 Å². The van der Waals surface area contributed by atoms with E-state index in [2.05, 4.69) is 20.3 Å². The number of aliphatic hydroxyl groups excluding tert-OH is 1. The summed E-state index contributed by atoms with van der Waals surface area (Å²) in [6.07, 6.45) is -1.85. The molecule has 8 nitrogen and oxygen atoms in total. The molecule has 0 aliphatic carbocycles. The molecule has 27 heavy (non-hydrogen) atoms. The van der Waals surface area contributed by atoms with E-state index in [0.29, 0.717) is 21.2 Å². The second kappa shape index (κ2) is 7.44. The maximum Gasteiger partial charge on any atom is 0.256 e. The summed E-state index contributed by atoms with van der Waals surface area (Å²) in [6, 6.07) is 8.68. The Kier molecular flexibility index (Phi) is 5.02. The molecule has 1 aliphatic rings. The fourth-order valence-electron chi connectivity index (χ4n) is 2.95. The Morgan fingerprint density at radius 1 is 1.30 bits per heavy atom. The summed E-state index contributed by atoms with van der Waals surface area (Å²) in [5, 5.41) is 12.7. The van der Waals surface area contributed by atoms with Crippen molar-refractivity contribution >= 4 is 45.5 Å². The molecular formula is C17H15FIN5O3. The van der Waals surface area contributed by atoms with Gasteiger partial charge in [0, 0.05) is 9.99 Å². The number of nitrogens with zero attached hydrogens (tertiary/aromatic N) is 4. The number of hydrogen-bond donors (Lipinski definition) is 2. The number of benzene rings is 1. The minimum atomic E-state index is -1.61. The minimum absolute atomic E-state index is 0.215. The standard InChI is InChI=1S/C17H15FIN5O3/c18-11-13(25)10(6-19)27-17(11)24-8-22-12-14(20-7-21-15(12)24)23-16(26)9-4-2-1-3-5-9/h1-5,7-8,10-11,13,17,25H,6H2,(H,20,21,23,26)/t10-,11-,13-,17-/m1/s1. The quantitative estimate of drug-likeness (QED) is 0.436. The van der Waals surface area contributed by atoms with Crippen LogP contribution in [0.5, 0.6) is 0 Å². The van der Waals surface area contributed by atoms with Crippen molar-refractivity contribution in [2.75, 3.05) is 9.74 Å². The Morgan fingerprint density at radius 2 is 2.07 bits per heavy atom. The van der Waals surface area contributed by atoms with Crippen LogP contribution in [0.2, 0.25) is 0 Å². The van der Waals surface area contributed by atoms with Crippen molar-refractivity contribution in [3.63, 3.8) is 0 Å². The molecule has 2 N–H and O–H groups in total. The summed E-state index contributed by atoms with van der Waals surface area (Å²) in [5.41, 5.74) is 1.09. The summed E-state index contributed by atoms with van der Waals surface area (Å²) in [7, 11) is 0. The van der Waals surface area contributed by atoms with Crippen molar-refractivity contribution < 1.29 is 19.0 Å². The second-order valence-corrected chi connectivity index (χ2v) is 6.90. The molecule has 1 saturated heterocycles. The number of aromatic nitrogens is 4. The first kappa shape index (κ1) is 18.2. The number of alkyl halides is 2. The molecule has 0 radical (unpaired) electrons. The number of anilines is 1. The van der Waals surface area contributed by atoms with Crippen LogP contribution in [0, 0.1) is 0 Å². The van der Waals surface area contributed by atoms with Crippen LogP contribution in [0.3, 0.4) is 0 Å². The molecule has 2 aromatic heterocycles. The van der Waals surface area contributed by atoms with Gasteiger partial charge in [-0.3, -0.25) is 9.36 Å². The highest BCUT2D eigenvalue weighted by Crippen LogP contribution is 2.34. The van der Waals surface area contributed by atoms with E-state index in [1.165, 1.54) is 17.2 Å². The van der Waals surface area contributed by atoms with Gasteiger partial charge in [0.1, 0.15) is 12.4 Å². The predicted octanol–water partition coefficient (Wildman–Crippen LogP) is 2.11. The average molecular weight is 483 g/mol. The highest BCUT2D eigenvalue weighted by molar-refractivity contribution is 14.1. The second-order valence-electron chi connectivity index (χ2n) is 6.02. The minimum Gasteiger partial charge on any atom is -0.387 e. The zero-order valence-electron chi connectivity index (χ0n) is 13.9. The number of hydrogen-bond acceptors (Lipinski definition) is 6. The van der Waals surface area contributed by atoms with Crippen molar-refractivity contribution in [1.82, 2.24) is 19.5 Å². The van der Waals surface area contributed by atoms with Crippen molar-refractivity contribution in [3.8, 4) is 0 Å². The van der Waals surface area contributed by atoms with E-state index in [9.17, 15) is 14.3 Å². The number of nitrogens with one attached hydrogen (secondary N) is 1. The number of aliphatic hydroxyl groups is 1. The maximum atomic E-state index is 14.5. The van der Waals surface area contributed by atoms with E-state index in [0.717, 1.165) is 0 Å². The first-order valence-electron chi connectivity index (χ1n) is 8.17. The molecule has 10 heteroatoms. The lowest BCUT2D eigenvalue weighted by atomic mass is 10.2. The Labute approximate surface area is 166 Å². The van der Waals surface area contributed by atoms with Gasteiger partial charge in [-0.15, -0.1) is 0 Å². The molecule has 1 aromatic carbocycles.